The highest BCUT2D eigenvalue weighted by molar-refractivity contribution is 5.68. The van der Waals surface area contributed by atoms with E-state index in [4.69, 9.17) is 0 Å². The van der Waals surface area contributed by atoms with Crippen molar-refractivity contribution in [2.24, 2.45) is 0 Å². The number of halogens is 3. The van der Waals surface area contributed by atoms with E-state index in [0.29, 0.717) is 13.1 Å². The quantitative estimate of drug-likeness (QED) is 0.541. The summed E-state index contributed by atoms with van der Waals surface area (Å²) in [5, 5.41) is 2.90. The smallest absolute Gasteiger partial charge is 0.425 e. The zero-order chi connectivity index (χ0) is 26.6. The Bertz CT molecular complexity index is 941. The van der Waals surface area contributed by atoms with E-state index >= 15 is 0 Å². The van der Waals surface area contributed by atoms with E-state index in [9.17, 15) is 22.8 Å². The number of likely N-dealkylation sites (tertiary alicyclic amines) is 3. The molecule has 2 amide bonds. The molecule has 0 saturated carbocycles. The molecule has 37 heavy (non-hydrogen) atoms. The molecule has 0 radical (unpaired) electrons. The molecule has 4 rings (SSSR count). The number of ether oxygens (including phenoxy) is 1. The number of carbonyl (C=O) groups is 2. The maximum absolute atomic E-state index is 12.8. The van der Waals surface area contributed by atoms with Gasteiger partial charge in [-0.25, -0.2) is 4.79 Å². The van der Waals surface area contributed by atoms with E-state index in [2.05, 4.69) is 45.0 Å². The average Bonchev–Trinajstić information content (AvgIpc) is 3.23. The van der Waals surface area contributed by atoms with Gasteiger partial charge in [0.1, 0.15) is 0 Å². The fraction of sp³-hybridized carbons (Fsp3) is 0.704. The average molecular weight is 525 g/mol. The minimum atomic E-state index is -4.55. The van der Waals surface area contributed by atoms with Crippen molar-refractivity contribution in [2.75, 3.05) is 32.7 Å². The van der Waals surface area contributed by atoms with Gasteiger partial charge < -0.3 is 15.0 Å². The van der Waals surface area contributed by atoms with Gasteiger partial charge in [0.15, 0.2) is 6.10 Å². The topological polar surface area (TPSA) is 65.1 Å². The van der Waals surface area contributed by atoms with Crippen molar-refractivity contribution in [1.29, 1.82) is 0 Å². The number of benzene rings is 1. The first-order chi connectivity index (χ1) is 17.6. The molecule has 3 aliphatic heterocycles. The van der Waals surface area contributed by atoms with Crippen LogP contribution in [0.2, 0.25) is 0 Å². The molecule has 0 bridgehead atoms. The lowest BCUT2D eigenvalue weighted by Gasteiger charge is -2.45. The Kier molecular flexibility index (Phi) is 8.68. The van der Waals surface area contributed by atoms with Crippen LogP contribution in [0.3, 0.4) is 0 Å². The fourth-order valence-electron chi connectivity index (χ4n) is 6.06. The molecule has 3 fully saturated rings. The van der Waals surface area contributed by atoms with Gasteiger partial charge >= 0.3 is 12.3 Å². The lowest BCUT2D eigenvalue weighted by Crippen LogP contribution is -2.53. The van der Waals surface area contributed by atoms with Gasteiger partial charge in [0.25, 0.3) is 0 Å². The van der Waals surface area contributed by atoms with Crippen molar-refractivity contribution >= 4 is 12.5 Å². The number of piperidine rings is 2. The number of aryl methyl sites for hydroxylation is 1. The highest BCUT2D eigenvalue weighted by Crippen LogP contribution is 2.40. The molecular weight excluding hydrogens is 485 g/mol. The van der Waals surface area contributed by atoms with E-state index in [1.165, 1.54) is 21.6 Å². The number of nitrogens with one attached hydrogen (secondary N) is 1. The molecule has 1 aromatic rings. The largest absolute Gasteiger partial charge is 0.437 e. The van der Waals surface area contributed by atoms with E-state index < -0.39 is 18.4 Å². The Morgan fingerprint density at radius 1 is 1.11 bits per heavy atom. The normalized spacial score (nSPS) is 22.2. The Balaban J connectivity index is 1.37. The summed E-state index contributed by atoms with van der Waals surface area (Å²) >= 11 is 0. The predicted octanol–water partition coefficient (Wildman–Crippen LogP) is 4.22. The Labute approximate surface area is 217 Å². The van der Waals surface area contributed by atoms with Gasteiger partial charge in [0.05, 0.1) is 0 Å². The summed E-state index contributed by atoms with van der Waals surface area (Å²) in [6.07, 6.45) is -1.25. The molecule has 0 aromatic heterocycles. The monoisotopic (exact) mass is 524 g/mol. The van der Waals surface area contributed by atoms with Crippen molar-refractivity contribution in [3.05, 3.63) is 34.9 Å². The number of hydrogen-bond donors (Lipinski definition) is 1. The van der Waals surface area contributed by atoms with Crippen LogP contribution in [0, 0.1) is 6.92 Å². The van der Waals surface area contributed by atoms with E-state index in [0.717, 1.165) is 84.6 Å². The van der Waals surface area contributed by atoms with Crippen LogP contribution in [0.5, 0.6) is 0 Å². The number of hydrogen-bond acceptors (Lipinski definition) is 5. The first kappa shape index (κ1) is 27.7. The Morgan fingerprint density at radius 3 is 2.46 bits per heavy atom. The molecule has 3 aliphatic rings. The number of nitrogens with zero attached hydrogens (tertiary/aromatic N) is 3. The Morgan fingerprint density at radius 2 is 1.81 bits per heavy atom. The van der Waals surface area contributed by atoms with Crippen LogP contribution < -0.4 is 5.32 Å². The summed E-state index contributed by atoms with van der Waals surface area (Å²) in [4.78, 5) is 29.5. The molecule has 1 spiro atoms. The molecule has 1 unspecified atom stereocenters. The predicted molar refractivity (Wildman–Crippen MR) is 134 cm³/mol. The van der Waals surface area contributed by atoms with Crippen molar-refractivity contribution in [2.45, 2.75) is 89.3 Å². The summed E-state index contributed by atoms with van der Waals surface area (Å²) in [5.74, 6) is 0. The molecule has 1 N–H and O–H groups in total. The van der Waals surface area contributed by atoms with Gasteiger partial charge in [-0.1, -0.05) is 23.8 Å². The minimum absolute atomic E-state index is 0.0343. The molecule has 1 atom stereocenters. The highest BCUT2D eigenvalue weighted by atomic mass is 19.4. The van der Waals surface area contributed by atoms with Crippen LogP contribution in [-0.2, 0) is 22.6 Å². The first-order valence-electron chi connectivity index (χ1n) is 13.4. The molecule has 0 aliphatic carbocycles. The van der Waals surface area contributed by atoms with Crippen LogP contribution in [0.15, 0.2) is 18.2 Å². The highest BCUT2D eigenvalue weighted by Gasteiger charge is 2.45. The van der Waals surface area contributed by atoms with Gasteiger partial charge in [-0.2, -0.15) is 13.2 Å². The second-order valence-corrected chi connectivity index (χ2v) is 10.9. The third-order valence-electron chi connectivity index (χ3n) is 8.44. The van der Waals surface area contributed by atoms with E-state index in [1.54, 1.807) is 0 Å². The zero-order valence-electron chi connectivity index (χ0n) is 21.9. The maximum Gasteiger partial charge on any atom is 0.425 e. The van der Waals surface area contributed by atoms with Gasteiger partial charge in [0.2, 0.25) is 6.41 Å². The standard InChI is InChI=1S/C27H39F3N4O3/c1-20-4-5-22(23(16-20)17-32-12-6-24(7-13-32)31-19-35)18-34-11-3-8-26(34)9-14-33(15-10-26)25(36)37-21(2)27(28,29)30/h4-5,16,19,21,24H,3,6-15,17-18H2,1-2H3,(H,31,35). The molecule has 3 saturated heterocycles. The van der Waals surface area contributed by atoms with Crippen LogP contribution in [0.4, 0.5) is 18.0 Å². The van der Waals surface area contributed by atoms with Gasteiger partial charge in [-0.3, -0.25) is 14.6 Å². The first-order valence-corrected chi connectivity index (χ1v) is 13.4. The second-order valence-electron chi connectivity index (χ2n) is 10.9. The van der Waals surface area contributed by atoms with Crippen molar-refractivity contribution in [3.8, 4) is 0 Å². The van der Waals surface area contributed by atoms with Crippen LogP contribution in [0.25, 0.3) is 0 Å². The van der Waals surface area contributed by atoms with Gasteiger partial charge in [-0.15, -0.1) is 0 Å². The maximum atomic E-state index is 12.8. The fourth-order valence-corrected chi connectivity index (χ4v) is 6.06. The number of rotatable bonds is 7. The van der Waals surface area contributed by atoms with Crippen molar-refractivity contribution < 1.29 is 27.5 Å². The van der Waals surface area contributed by atoms with Crippen molar-refractivity contribution in [3.63, 3.8) is 0 Å². The molecule has 3 heterocycles. The molecule has 206 valence electrons. The SMILES string of the molecule is Cc1ccc(CN2CCCC23CCN(C(=O)OC(C)C(F)(F)F)CC3)c(CN2CCC(NC=O)CC2)c1. The third kappa shape index (κ3) is 6.76. The molecule has 1 aromatic carbocycles. The molecular formula is C27H39F3N4O3. The number of carbonyl (C=O) groups excluding carboxylic acids is 2. The molecule has 10 heteroatoms. The lowest BCUT2D eigenvalue weighted by molar-refractivity contribution is -0.200. The van der Waals surface area contributed by atoms with Gasteiger partial charge in [0, 0.05) is 50.8 Å². The van der Waals surface area contributed by atoms with Crippen LogP contribution >= 0.6 is 0 Å². The van der Waals surface area contributed by atoms with Crippen molar-refractivity contribution in [1.82, 2.24) is 20.0 Å². The van der Waals surface area contributed by atoms with Gasteiger partial charge in [-0.05, 0) is 70.0 Å². The third-order valence-corrected chi connectivity index (χ3v) is 8.44. The summed E-state index contributed by atoms with van der Waals surface area (Å²) in [6.45, 7) is 8.37. The summed E-state index contributed by atoms with van der Waals surface area (Å²) in [7, 11) is 0. The summed E-state index contributed by atoms with van der Waals surface area (Å²) < 4.78 is 43.1. The van der Waals surface area contributed by atoms with Crippen LogP contribution in [-0.4, -0.2) is 83.8 Å². The number of amides is 2. The zero-order valence-corrected chi connectivity index (χ0v) is 21.9. The lowest BCUT2D eigenvalue weighted by atomic mass is 9.84. The van der Waals surface area contributed by atoms with E-state index in [-0.39, 0.29) is 11.6 Å². The minimum Gasteiger partial charge on any atom is -0.437 e. The second kappa shape index (κ2) is 11.6. The Hall–Kier alpha value is -2.33. The summed E-state index contributed by atoms with van der Waals surface area (Å²) in [5.41, 5.74) is 3.83. The van der Waals surface area contributed by atoms with E-state index in [1.807, 2.05) is 0 Å². The summed E-state index contributed by atoms with van der Waals surface area (Å²) in [6, 6.07) is 6.91. The number of alkyl halides is 3. The molecule has 7 nitrogen and oxygen atoms in total. The van der Waals surface area contributed by atoms with Crippen LogP contribution in [0.1, 0.15) is 62.1 Å².